The summed E-state index contributed by atoms with van der Waals surface area (Å²) in [5, 5.41) is 12.2. The van der Waals surface area contributed by atoms with Crippen molar-refractivity contribution in [3.63, 3.8) is 0 Å². The van der Waals surface area contributed by atoms with Gasteiger partial charge in [-0.2, -0.15) is 0 Å². The van der Waals surface area contributed by atoms with Crippen molar-refractivity contribution in [2.24, 2.45) is 5.92 Å². The van der Waals surface area contributed by atoms with Crippen LogP contribution in [0.1, 0.15) is 6.42 Å². The van der Waals surface area contributed by atoms with E-state index in [1.54, 1.807) is 24.3 Å². The Morgan fingerprint density at radius 3 is 2.50 bits per heavy atom. The molecule has 2 aromatic carbocycles. The Bertz CT molecular complexity index is 944. The third-order valence-corrected chi connectivity index (χ3v) is 5.25. The molecular weight excluding hydrogens is 356 g/mol. The zero-order chi connectivity index (χ0) is 17.5. The van der Waals surface area contributed by atoms with Gasteiger partial charge in [-0.15, -0.1) is 0 Å². The van der Waals surface area contributed by atoms with E-state index in [-0.39, 0.29) is 30.3 Å². The smallest absolute Gasteiger partial charge is 0.277 e. The predicted octanol–water partition coefficient (Wildman–Crippen LogP) is 2.67. The number of nitro benzene ring substituents is 1. The number of amides is 1. The zero-order valence-electron chi connectivity index (χ0n) is 12.4. The average Bonchev–Trinajstić information content (AvgIpc) is 2.84. The van der Waals surface area contributed by atoms with E-state index < -0.39 is 19.9 Å². The highest BCUT2D eigenvalue weighted by atomic mass is 35.7. The van der Waals surface area contributed by atoms with E-state index >= 15 is 0 Å². The Kier molecular flexibility index (Phi) is 4.18. The highest BCUT2D eigenvalue weighted by Crippen LogP contribution is 2.36. The first-order valence-corrected chi connectivity index (χ1v) is 9.63. The van der Waals surface area contributed by atoms with Crippen molar-refractivity contribution in [1.82, 2.24) is 0 Å². The van der Waals surface area contributed by atoms with Gasteiger partial charge in [0.15, 0.2) is 0 Å². The van der Waals surface area contributed by atoms with Gasteiger partial charge >= 0.3 is 0 Å². The molecule has 0 saturated carbocycles. The fourth-order valence-electron chi connectivity index (χ4n) is 3.07. The largest absolute Gasteiger partial charge is 0.311 e. The van der Waals surface area contributed by atoms with Crippen LogP contribution >= 0.6 is 10.7 Å². The van der Waals surface area contributed by atoms with Crippen LogP contribution in [0.4, 0.5) is 11.4 Å². The van der Waals surface area contributed by atoms with Crippen molar-refractivity contribution >= 4 is 47.8 Å². The summed E-state index contributed by atoms with van der Waals surface area (Å²) in [5.74, 6) is -0.893. The molecule has 1 saturated heterocycles. The maximum Gasteiger partial charge on any atom is 0.277 e. The molecule has 1 heterocycles. The molecule has 1 unspecified atom stereocenters. The van der Waals surface area contributed by atoms with E-state index in [9.17, 15) is 23.3 Å². The molecule has 126 valence electrons. The number of hydrogen-bond donors (Lipinski definition) is 0. The number of non-ortho nitro benzene ring substituents is 1. The monoisotopic (exact) mass is 368 g/mol. The summed E-state index contributed by atoms with van der Waals surface area (Å²) in [6, 6.07) is 9.63. The quantitative estimate of drug-likeness (QED) is 0.469. The minimum absolute atomic E-state index is 0.0409. The maximum atomic E-state index is 12.3. The van der Waals surface area contributed by atoms with Crippen LogP contribution in [0.5, 0.6) is 0 Å². The maximum absolute atomic E-state index is 12.3. The lowest BCUT2D eigenvalue weighted by molar-refractivity contribution is -0.383. The Morgan fingerprint density at radius 1 is 1.21 bits per heavy atom. The topological polar surface area (TPSA) is 97.6 Å². The first-order valence-electron chi connectivity index (χ1n) is 7.15. The normalized spacial score (nSPS) is 18.3. The molecule has 1 aliphatic heterocycles. The van der Waals surface area contributed by atoms with Crippen molar-refractivity contribution in [3.8, 4) is 0 Å². The molecule has 0 bridgehead atoms. The summed E-state index contributed by atoms with van der Waals surface area (Å²) in [5.41, 5.74) is 0.497. The lowest BCUT2D eigenvalue weighted by Crippen LogP contribution is -2.25. The lowest BCUT2D eigenvalue weighted by Gasteiger charge is -2.19. The summed E-state index contributed by atoms with van der Waals surface area (Å²) >= 11 is 0. The van der Waals surface area contributed by atoms with Crippen LogP contribution in [0, 0.1) is 16.0 Å². The molecule has 0 aliphatic carbocycles. The Morgan fingerprint density at radius 2 is 1.88 bits per heavy atom. The summed E-state index contributed by atoms with van der Waals surface area (Å²) in [7, 11) is 1.58. The van der Waals surface area contributed by atoms with Crippen LogP contribution in [0.2, 0.25) is 0 Å². The number of hydrogen-bond acceptors (Lipinski definition) is 5. The van der Waals surface area contributed by atoms with Gasteiger partial charge in [0.25, 0.3) is 5.69 Å². The van der Waals surface area contributed by atoms with Crippen molar-refractivity contribution < 1.29 is 18.1 Å². The van der Waals surface area contributed by atoms with E-state index in [4.69, 9.17) is 10.7 Å². The van der Waals surface area contributed by atoms with Crippen LogP contribution in [-0.4, -0.2) is 31.5 Å². The van der Waals surface area contributed by atoms with Gasteiger partial charge in [0, 0.05) is 41.0 Å². The molecule has 3 rings (SSSR count). The van der Waals surface area contributed by atoms with Gasteiger partial charge in [-0.1, -0.05) is 18.2 Å². The van der Waals surface area contributed by atoms with Crippen LogP contribution in [-0.2, 0) is 13.8 Å². The third kappa shape index (κ3) is 3.20. The van der Waals surface area contributed by atoms with Gasteiger partial charge in [0.1, 0.15) is 0 Å². The number of anilines is 1. The molecule has 1 fully saturated rings. The number of carbonyl (C=O) groups excluding carboxylic acids is 1. The fourth-order valence-corrected chi connectivity index (χ4v) is 4.39. The molecule has 0 spiro atoms. The predicted molar refractivity (Wildman–Crippen MR) is 90.7 cm³/mol. The molecule has 1 atom stereocenters. The van der Waals surface area contributed by atoms with Gasteiger partial charge in [-0.05, 0) is 12.1 Å². The van der Waals surface area contributed by atoms with Crippen LogP contribution in [0.25, 0.3) is 10.8 Å². The van der Waals surface area contributed by atoms with Crippen LogP contribution in [0.3, 0.4) is 0 Å². The second-order valence-electron chi connectivity index (χ2n) is 5.69. The van der Waals surface area contributed by atoms with Gasteiger partial charge in [0.2, 0.25) is 15.0 Å². The van der Waals surface area contributed by atoms with Gasteiger partial charge in [0.05, 0.1) is 21.7 Å². The van der Waals surface area contributed by atoms with E-state index in [2.05, 4.69) is 0 Å². The molecule has 2 aromatic rings. The first-order chi connectivity index (χ1) is 11.3. The lowest BCUT2D eigenvalue weighted by atomic mass is 10.1. The van der Waals surface area contributed by atoms with E-state index in [0.29, 0.717) is 16.5 Å². The first kappa shape index (κ1) is 16.7. The van der Waals surface area contributed by atoms with Gasteiger partial charge in [-0.25, -0.2) is 8.42 Å². The molecule has 9 heteroatoms. The molecule has 0 aromatic heterocycles. The Labute approximate surface area is 142 Å². The van der Waals surface area contributed by atoms with E-state index in [1.165, 1.54) is 17.0 Å². The van der Waals surface area contributed by atoms with Crippen molar-refractivity contribution in [2.45, 2.75) is 6.42 Å². The van der Waals surface area contributed by atoms with Crippen molar-refractivity contribution in [3.05, 3.63) is 46.5 Å². The van der Waals surface area contributed by atoms with Crippen LogP contribution in [0.15, 0.2) is 36.4 Å². The fraction of sp³-hybridized carbons (Fsp3) is 0.267. The summed E-state index contributed by atoms with van der Waals surface area (Å²) < 4.78 is 22.5. The summed E-state index contributed by atoms with van der Waals surface area (Å²) in [6.07, 6.45) is 0.0806. The summed E-state index contributed by atoms with van der Waals surface area (Å²) in [4.78, 5) is 24.5. The summed E-state index contributed by atoms with van der Waals surface area (Å²) in [6.45, 7) is 0.215. The minimum atomic E-state index is -3.69. The number of nitro groups is 1. The van der Waals surface area contributed by atoms with Crippen LogP contribution < -0.4 is 4.90 Å². The number of rotatable bonds is 4. The van der Waals surface area contributed by atoms with Crippen molar-refractivity contribution in [1.29, 1.82) is 0 Å². The SMILES string of the molecule is O=C1CC(CS(=O)(=O)Cl)CN1c1ccc([N+](=O)[O-])c2ccccc12. The molecule has 0 N–H and O–H groups in total. The standard InChI is InChI=1S/C15H13ClN2O5S/c16-24(22,23)9-10-7-15(19)17(8-10)13-5-6-14(18(20)21)12-4-2-1-3-11(12)13/h1-6,10H,7-9H2. The van der Waals surface area contributed by atoms with E-state index in [1.807, 2.05) is 0 Å². The number of benzene rings is 2. The van der Waals surface area contributed by atoms with E-state index in [0.717, 1.165) is 0 Å². The number of halogens is 1. The van der Waals surface area contributed by atoms with Gasteiger partial charge in [-0.3, -0.25) is 14.9 Å². The molecule has 1 aliphatic rings. The molecular formula is C15H13ClN2O5S. The number of fused-ring (bicyclic) bond motifs is 1. The average molecular weight is 369 g/mol. The zero-order valence-corrected chi connectivity index (χ0v) is 14.0. The third-order valence-electron chi connectivity index (χ3n) is 4.01. The van der Waals surface area contributed by atoms with Crippen molar-refractivity contribution in [2.75, 3.05) is 17.2 Å². The number of nitrogens with zero attached hydrogens (tertiary/aromatic N) is 2. The second kappa shape index (κ2) is 6.03. The molecule has 0 radical (unpaired) electrons. The molecule has 1 amide bonds. The second-order valence-corrected chi connectivity index (χ2v) is 8.51. The van der Waals surface area contributed by atoms with Gasteiger partial charge < -0.3 is 4.90 Å². The highest BCUT2D eigenvalue weighted by Gasteiger charge is 2.34. The minimum Gasteiger partial charge on any atom is -0.311 e. The molecule has 7 nitrogen and oxygen atoms in total. The Hall–Kier alpha value is -2.19. The molecule has 24 heavy (non-hydrogen) atoms. The Balaban J connectivity index is 2.03. The highest BCUT2D eigenvalue weighted by molar-refractivity contribution is 8.13. The number of carbonyl (C=O) groups is 1.